The van der Waals surface area contributed by atoms with E-state index in [2.05, 4.69) is 22.2 Å². The molecule has 0 atom stereocenters. The van der Waals surface area contributed by atoms with E-state index in [9.17, 15) is 0 Å². The highest BCUT2D eigenvalue weighted by molar-refractivity contribution is 7.79. The lowest BCUT2D eigenvalue weighted by atomic mass is 10.4. The largest absolute Gasteiger partial charge is 0.493 e. The lowest BCUT2D eigenvalue weighted by molar-refractivity contribution is 0.451. The van der Waals surface area contributed by atoms with Gasteiger partial charge in [0, 0.05) is 17.1 Å². The molecule has 0 unspecified atom stereocenters. The van der Waals surface area contributed by atoms with Gasteiger partial charge in [0.25, 0.3) is 0 Å². The number of rotatable bonds is 1. The first kappa shape index (κ1) is 7.08. The Balaban J connectivity index is 3.18. The Kier molecular flexibility index (Phi) is 1.91. The molecular formula is C6H6N2OS. The Morgan fingerprint density at radius 1 is 1.60 bits per heavy atom. The third-order valence-electron chi connectivity index (χ3n) is 0.963. The molecule has 1 aromatic rings. The van der Waals surface area contributed by atoms with Gasteiger partial charge in [-0.1, -0.05) is 12.2 Å². The van der Waals surface area contributed by atoms with Crippen LogP contribution < -0.4 is 0 Å². The summed E-state index contributed by atoms with van der Waals surface area (Å²) in [7, 11) is 0. The van der Waals surface area contributed by atoms with E-state index in [1.165, 1.54) is 11.4 Å². The molecule has 10 heavy (non-hydrogen) atoms. The normalized spacial score (nSPS) is 9.30. The van der Waals surface area contributed by atoms with Gasteiger partial charge < -0.3 is 5.11 Å². The standard InChI is InChI=1S/C6H6N2OS/c1-4-2-6(9)8-5(3-10)7-4/h2-3H,1H3,(H,7,8,9). The maximum Gasteiger partial charge on any atom is 0.214 e. The fraction of sp³-hybridized carbons (Fsp3) is 0.167. The van der Waals surface area contributed by atoms with Gasteiger partial charge in [-0.15, -0.1) is 0 Å². The van der Waals surface area contributed by atoms with Crippen molar-refractivity contribution in [3.05, 3.63) is 17.6 Å². The number of hydrogen-bond donors (Lipinski definition) is 1. The quantitative estimate of drug-likeness (QED) is 0.609. The van der Waals surface area contributed by atoms with E-state index in [4.69, 9.17) is 5.11 Å². The van der Waals surface area contributed by atoms with Crippen LogP contribution in [-0.4, -0.2) is 20.4 Å². The first-order chi connectivity index (χ1) is 4.72. The van der Waals surface area contributed by atoms with Gasteiger partial charge in [-0.05, 0) is 6.92 Å². The van der Waals surface area contributed by atoms with Gasteiger partial charge in [0.2, 0.25) is 5.88 Å². The molecule has 0 aliphatic heterocycles. The highest BCUT2D eigenvalue weighted by atomic mass is 32.1. The van der Waals surface area contributed by atoms with Gasteiger partial charge in [-0.3, -0.25) is 0 Å². The smallest absolute Gasteiger partial charge is 0.214 e. The van der Waals surface area contributed by atoms with Crippen LogP contribution in [0.5, 0.6) is 5.88 Å². The summed E-state index contributed by atoms with van der Waals surface area (Å²) >= 11 is 4.58. The van der Waals surface area contributed by atoms with Crippen molar-refractivity contribution in [2.75, 3.05) is 0 Å². The van der Waals surface area contributed by atoms with Crippen LogP contribution in [0.15, 0.2) is 6.07 Å². The maximum atomic E-state index is 8.91. The van der Waals surface area contributed by atoms with E-state index >= 15 is 0 Å². The predicted octanol–water partition coefficient (Wildman–Crippen LogP) is 0.838. The number of aromatic nitrogens is 2. The third kappa shape index (κ3) is 1.48. The van der Waals surface area contributed by atoms with Crippen LogP contribution in [0.3, 0.4) is 0 Å². The molecule has 52 valence electrons. The minimum absolute atomic E-state index is 0.0383. The Morgan fingerprint density at radius 2 is 2.30 bits per heavy atom. The fourth-order valence-electron chi connectivity index (χ4n) is 0.627. The topological polar surface area (TPSA) is 46.0 Å². The SMILES string of the molecule is Cc1cc(O)nc(C=S)n1. The molecule has 0 amide bonds. The molecule has 0 fully saturated rings. The lowest BCUT2D eigenvalue weighted by Gasteiger charge is -1.94. The van der Waals surface area contributed by atoms with Gasteiger partial charge in [0.05, 0.1) is 0 Å². The number of hydrogen-bond acceptors (Lipinski definition) is 4. The molecule has 4 heteroatoms. The van der Waals surface area contributed by atoms with Crippen molar-refractivity contribution in [2.24, 2.45) is 0 Å². The lowest BCUT2D eigenvalue weighted by Crippen LogP contribution is -1.92. The van der Waals surface area contributed by atoms with Crippen LogP contribution in [0.4, 0.5) is 0 Å². The second-order valence-electron chi connectivity index (χ2n) is 1.84. The molecule has 3 nitrogen and oxygen atoms in total. The number of aromatic hydroxyl groups is 1. The van der Waals surface area contributed by atoms with E-state index in [0.717, 1.165) is 0 Å². The Labute approximate surface area is 63.8 Å². The van der Waals surface area contributed by atoms with Gasteiger partial charge in [-0.25, -0.2) is 4.98 Å². The van der Waals surface area contributed by atoms with Crippen LogP contribution in [-0.2, 0) is 0 Å². The zero-order valence-corrected chi connectivity index (χ0v) is 6.22. The van der Waals surface area contributed by atoms with Gasteiger partial charge in [0.1, 0.15) is 0 Å². The molecular weight excluding hydrogens is 148 g/mol. The van der Waals surface area contributed by atoms with Crippen molar-refractivity contribution in [3.63, 3.8) is 0 Å². The van der Waals surface area contributed by atoms with Crippen LogP contribution in [0, 0.1) is 6.92 Å². The molecule has 0 spiro atoms. The van der Waals surface area contributed by atoms with Gasteiger partial charge >= 0.3 is 0 Å². The fourth-order valence-corrected chi connectivity index (χ4v) is 0.733. The van der Waals surface area contributed by atoms with Gasteiger partial charge in [0.15, 0.2) is 5.82 Å². The first-order valence-electron chi connectivity index (χ1n) is 2.72. The Morgan fingerprint density at radius 3 is 2.80 bits per heavy atom. The van der Waals surface area contributed by atoms with Crippen LogP contribution >= 0.6 is 12.2 Å². The second kappa shape index (κ2) is 2.70. The maximum absolute atomic E-state index is 8.91. The molecule has 0 aliphatic carbocycles. The highest BCUT2D eigenvalue weighted by Crippen LogP contribution is 2.04. The van der Waals surface area contributed by atoms with Crippen LogP contribution in [0.1, 0.15) is 11.5 Å². The van der Waals surface area contributed by atoms with Gasteiger partial charge in [-0.2, -0.15) is 4.98 Å². The molecule has 1 heterocycles. The molecule has 0 saturated carbocycles. The molecule has 0 radical (unpaired) electrons. The van der Waals surface area contributed by atoms with E-state index in [0.29, 0.717) is 11.5 Å². The summed E-state index contributed by atoms with van der Waals surface area (Å²) in [5.74, 6) is 0.344. The second-order valence-corrected chi connectivity index (χ2v) is 2.08. The average Bonchev–Trinajstić information content (AvgIpc) is 1.85. The van der Waals surface area contributed by atoms with E-state index < -0.39 is 0 Å². The van der Waals surface area contributed by atoms with Crippen LogP contribution in [0.2, 0.25) is 0 Å². The average molecular weight is 154 g/mol. The molecule has 1 rings (SSSR count). The zero-order chi connectivity index (χ0) is 7.56. The number of nitrogens with zero attached hydrogens (tertiary/aromatic N) is 2. The van der Waals surface area contributed by atoms with E-state index in [1.54, 1.807) is 6.92 Å². The van der Waals surface area contributed by atoms with Crippen molar-refractivity contribution in [1.29, 1.82) is 0 Å². The summed E-state index contributed by atoms with van der Waals surface area (Å²) in [6.45, 7) is 1.77. The minimum atomic E-state index is -0.0383. The van der Waals surface area contributed by atoms with Crippen molar-refractivity contribution in [3.8, 4) is 5.88 Å². The molecule has 1 aromatic heterocycles. The van der Waals surface area contributed by atoms with Crippen LogP contribution in [0.25, 0.3) is 0 Å². The molecule has 0 aliphatic rings. The molecule has 1 N–H and O–H groups in total. The summed E-state index contributed by atoms with van der Waals surface area (Å²) in [5, 5.41) is 10.2. The summed E-state index contributed by atoms with van der Waals surface area (Å²) < 4.78 is 0. The summed E-state index contributed by atoms with van der Waals surface area (Å²) in [5.41, 5.74) is 0.712. The van der Waals surface area contributed by atoms with Crippen molar-refractivity contribution >= 4 is 17.6 Å². The minimum Gasteiger partial charge on any atom is -0.493 e. The number of thiocarbonyl (C=S) groups is 1. The molecule has 0 saturated heterocycles. The predicted molar refractivity (Wildman–Crippen MR) is 41.2 cm³/mol. The van der Waals surface area contributed by atoms with Crippen molar-refractivity contribution in [2.45, 2.75) is 6.92 Å². The molecule has 0 bridgehead atoms. The summed E-state index contributed by atoms with van der Waals surface area (Å²) in [6, 6.07) is 1.47. The monoisotopic (exact) mass is 154 g/mol. The van der Waals surface area contributed by atoms with Crippen molar-refractivity contribution < 1.29 is 5.11 Å². The van der Waals surface area contributed by atoms with Crippen molar-refractivity contribution in [1.82, 2.24) is 9.97 Å². The third-order valence-corrected chi connectivity index (χ3v) is 1.17. The Bertz CT molecular complexity index is 242. The van der Waals surface area contributed by atoms with E-state index in [-0.39, 0.29) is 5.88 Å². The highest BCUT2D eigenvalue weighted by Gasteiger charge is 1.95. The zero-order valence-electron chi connectivity index (χ0n) is 5.40. The number of aryl methyl sites for hydroxylation is 1. The summed E-state index contributed by atoms with van der Waals surface area (Å²) in [6.07, 6.45) is 0. The molecule has 0 aromatic carbocycles. The van der Waals surface area contributed by atoms with E-state index in [1.807, 2.05) is 0 Å². The first-order valence-corrected chi connectivity index (χ1v) is 3.19. The Hall–Kier alpha value is -1.03. The summed E-state index contributed by atoms with van der Waals surface area (Å²) in [4.78, 5) is 7.56.